The topological polar surface area (TPSA) is 136 Å². The van der Waals surface area contributed by atoms with Crippen molar-refractivity contribution in [2.75, 3.05) is 65.6 Å². The first-order chi connectivity index (χ1) is 20.8. The Morgan fingerprint density at radius 1 is 0.698 bits per heavy atom. The number of likely N-dealkylation sites (tertiary alicyclic amines) is 1. The predicted molar refractivity (Wildman–Crippen MR) is 165 cm³/mol. The van der Waals surface area contributed by atoms with Gasteiger partial charge in [-0.05, 0) is 51.6 Å². The van der Waals surface area contributed by atoms with E-state index in [-0.39, 0.29) is 63.3 Å². The quantitative estimate of drug-likeness (QED) is 0.0977. The van der Waals surface area contributed by atoms with Crippen LogP contribution in [0.5, 0.6) is 0 Å². The molecule has 2 unspecified atom stereocenters. The van der Waals surface area contributed by atoms with Gasteiger partial charge in [0.15, 0.2) is 0 Å². The van der Waals surface area contributed by atoms with Crippen molar-refractivity contribution in [3.05, 3.63) is 0 Å². The molecule has 1 heterocycles. The van der Waals surface area contributed by atoms with Crippen LogP contribution >= 0.6 is 0 Å². The van der Waals surface area contributed by atoms with Crippen molar-refractivity contribution in [3.8, 4) is 0 Å². The van der Waals surface area contributed by atoms with Gasteiger partial charge in [-0.1, -0.05) is 47.0 Å². The maximum atomic E-state index is 12.4. The highest BCUT2D eigenvalue weighted by Crippen LogP contribution is 2.09. The van der Waals surface area contributed by atoms with Gasteiger partial charge >= 0.3 is 24.1 Å². The predicted octanol–water partition coefficient (Wildman–Crippen LogP) is 4.25. The Bertz CT molecular complexity index is 727. The zero-order valence-corrected chi connectivity index (χ0v) is 27.2. The molecule has 2 amide bonds. The number of hydrogen-bond donors (Lipinski definition) is 2. The molecule has 43 heavy (non-hydrogen) atoms. The first kappa shape index (κ1) is 38.4. The van der Waals surface area contributed by atoms with Gasteiger partial charge in [0, 0.05) is 26.2 Å². The summed E-state index contributed by atoms with van der Waals surface area (Å²) in [4.78, 5) is 53.0. The summed E-state index contributed by atoms with van der Waals surface area (Å²) in [6, 6.07) is 0. The summed E-state index contributed by atoms with van der Waals surface area (Å²) in [6.45, 7) is 13.2. The average Bonchev–Trinajstić information content (AvgIpc) is 3.01. The minimum Gasteiger partial charge on any atom is -0.464 e. The summed E-state index contributed by atoms with van der Waals surface area (Å²) >= 11 is 0. The second-order valence-corrected chi connectivity index (χ2v) is 11.0. The van der Waals surface area contributed by atoms with E-state index in [1.54, 1.807) is 0 Å². The lowest BCUT2D eigenvalue weighted by Crippen LogP contribution is -2.39. The third-order valence-corrected chi connectivity index (χ3v) is 7.39. The van der Waals surface area contributed by atoms with Crippen molar-refractivity contribution in [3.63, 3.8) is 0 Å². The zero-order chi connectivity index (χ0) is 31.7. The molecule has 0 saturated carbocycles. The van der Waals surface area contributed by atoms with Crippen molar-refractivity contribution < 1.29 is 38.1 Å². The third-order valence-electron chi connectivity index (χ3n) is 7.39. The number of amides is 2. The van der Waals surface area contributed by atoms with Crippen molar-refractivity contribution >= 4 is 24.1 Å². The zero-order valence-electron chi connectivity index (χ0n) is 27.2. The molecule has 0 aromatic carbocycles. The minimum atomic E-state index is -0.500. The van der Waals surface area contributed by atoms with Gasteiger partial charge in [0.1, 0.15) is 25.4 Å². The largest absolute Gasteiger partial charge is 0.464 e. The SMILES string of the molecule is CCCC(CC)OC(=O)NCCOC(=O)CCN(CCC(=O)OCCNC(=O)OC(CC)CCC)CCN1CCCCC1. The van der Waals surface area contributed by atoms with Crippen LogP contribution in [0.1, 0.15) is 98.3 Å². The van der Waals surface area contributed by atoms with E-state index in [1.807, 2.05) is 27.7 Å². The lowest BCUT2D eigenvalue weighted by molar-refractivity contribution is -0.144. The highest BCUT2D eigenvalue weighted by Gasteiger charge is 2.17. The minimum absolute atomic E-state index is 0.0674. The molecule has 1 rings (SSSR count). The van der Waals surface area contributed by atoms with E-state index in [9.17, 15) is 19.2 Å². The molecule has 0 aromatic rings. The fourth-order valence-corrected chi connectivity index (χ4v) is 4.80. The van der Waals surface area contributed by atoms with Gasteiger partial charge in [-0.25, -0.2) is 9.59 Å². The van der Waals surface area contributed by atoms with Crippen molar-refractivity contribution in [2.24, 2.45) is 0 Å². The number of carbonyl (C=O) groups is 4. The molecule has 250 valence electrons. The number of hydrogen-bond acceptors (Lipinski definition) is 10. The normalized spacial score (nSPS) is 14.9. The molecule has 1 fully saturated rings. The Balaban J connectivity index is 2.37. The highest BCUT2D eigenvalue weighted by atomic mass is 16.6. The Kier molecular flexibility index (Phi) is 22.2. The number of esters is 2. The Labute approximate surface area is 258 Å². The van der Waals surface area contributed by atoms with Crippen LogP contribution in [0.4, 0.5) is 9.59 Å². The molecule has 0 spiro atoms. The number of nitrogens with one attached hydrogen (secondary N) is 2. The summed E-state index contributed by atoms with van der Waals surface area (Å²) < 4.78 is 21.3. The molecule has 0 bridgehead atoms. The first-order valence-corrected chi connectivity index (χ1v) is 16.5. The summed E-state index contributed by atoms with van der Waals surface area (Å²) in [5.74, 6) is -0.722. The lowest BCUT2D eigenvalue weighted by atomic mass is 10.1. The molecule has 12 nitrogen and oxygen atoms in total. The summed E-state index contributed by atoms with van der Waals surface area (Å²) in [7, 11) is 0. The van der Waals surface area contributed by atoms with Crippen LogP contribution in [0.15, 0.2) is 0 Å². The van der Waals surface area contributed by atoms with Crippen LogP contribution in [0.2, 0.25) is 0 Å². The van der Waals surface area contributed by atoms with Gasteiger partial charge in [-0.15, -0.1) is 0 Å². The van der Waals surface area contributed by atoms with Gasteiger partial charge in [0.2, 0.25) is 0 Å². The fourth-order valence-electron chi connectivity index (χ4n) is 4.80. The van der Waals surface area contributed by atoms with Crippen LogP contribution in [-0.4, -0.2) is 112 Å². The first-order valence-electron chi connectivity index (χ1n) is 16.5. The Morgan fingerprint density at radius 2 is 1.16 bits per heavy atom. The molecule has 0 aliphatic carbocycles. The van der Waals surface area contributed by atoms with E-state index in [0.717, 1.165) is 64.7 Å². The maximum absolute atomic E-state index is 12.4. The number of nitrogens with zero attached hydrogens (tertiary/aromatic N) is 2. The van der Waals surface area contributed by atoms with Gasteiger partial charge in [0.05, 0.1) is 25.9 Å². The Morgan fingerprint density at radius 3 is 1.58 bits per heavy atom. The van der Waals surface area contributed by atoms with Crippen LogP contribution in [0.3, 0.4) is 0 Å². The molecule has 2 atom stereocenters. The smallest absolute Gasteiger partial charge is 0.407 e. The maximum Gasteiger partial charge on any atom is 0.407 e. The molecule has 0 radical (unpaired) electrons. The van der Waals surface area contributed by atoms with Crippen LogP contribution in [0.25, 0.3) is 0 Å². The number of carbonyl (C=O) groups excluding carboxylic acids is 4. The van der Waals surface area contributed by atoms with Crippen LogP contribution < -0.4 is 10.6 Å². The second kappa shape index (κ2) is 24.8. The van der Waals surface area contributed by atoms with Gasteiger partial charge in [-0.3, -0.25) is 9.59 Å². The number of rotatable bonds is 23. The molecule has 0 aromatic heterocycles. The van der Waals surface area contributed by atoms with Crippen molar-refractivity contribution in [1.29, 1.82) is 0 Å². The van der Waals surface area contributed by atoms with E-state index in [4.69, 9.17) is 18.9 Å². The van der Waals surface area contributed by atoms with E-state index in [0.29, 0.717) is 13.1 Å². The average molecular weight is 615 g/mol. The van der Waals surface area contributed by atoms with E-state index >= 15 is 0 Å². The summed E-state index contributed by atoms with van der Waals surface area (Å²) in [5, 5.41) is 5.25. The number of ether oxygens (including phenoxy) is 4. The lowest BCUT2D eigenvalue weighted by Gasteiger charge is -2.29. The van der Waals surface area contributed by atoms with E-state index in [2.05, 4.69) is 20.4 Å². The highest BCUT2D eigenvalue weighted by molar-refractivity contribution is 5.70. The molecule has 12 heteroatoms. The number of alkyl carbamates (subject to hydrolysis) is 2. The molecular weight excluding hydrogens is 556 g/mol. The Hall–Kier alpha value is -2.60. The van der Waals surface area contributed by atoms with Crippen molar-refractivity contribution in [2.45, 2.75) is 111 Å². The van der Waals surface area contributed by atoms with E-state index in [1.165, 1.54) is 19.3 Å². The van der Waals surface area contributed by atoms with E-state index < -0.39 is 12.2 Å². The molecule has 1 saturated heterocycles. The molecule has 1 aliphatic rings. The second-order valence-electron chi connectivity index (χ2n) is 11.0. The van der Waals surface area contributed by atoms with Crippen LogP contribution in [-0.2, 0) is 28.5 Å². The van der Waals surface area contributed by atoms with Gasteiger partial charge in [0.25, 0.3) is 0 Å². The monoisotopic (exact) mass is 614 g/mol. The van der Waals surface area contributed by atoms with Gasteiger partial charge < -0.3 is 39.4 Å². The summed E-state index contributed by atoms with van der Waals surface area (Å²) in [6.07, 6.45) is 7.81. The van der Waals surface area contributed by atoms with Crippen LogP contribution in [0, 0.1) is 0 Å². The van der Waals surface area contributed by atoms with Crippen molar-refractivity contribution in [1.82, 2.24) is 20.4 Å². The molecular formula is C31H58N4O8. The third kappa shape index (κ3) is 20.1. The summed E-state index contributed by atoms with van der Waals surface area (Å²) in [5.41, 5.74) is 0. The van der Waals surface area contributed by atoms with Gasteiger partial charge in [-0.2, -0.15) is 0 Å². The fraction of sp³-hybridized carbons (Fsp3) is 0.871. The molecule has 1 aliphatic heterocycles. The number of piperidine rings is 1. The molecule has 2 N–H and O–H groups in total. The standard InChI is InChI=1S/C31H58N4O8/c1-5-12-26(7-3)42-30(38)32-16-24-40-28(36)14-20-35(23-22-34-18-10-9-11-19-34)21-15-29(37)41-25-17-33-31(39)43-27(8-4)13-6-2/h26-27H,5-25H2,1-4H3,(H,32,38)(H,33,39).